The van der Waals surface area contributed by atoms with Crippen molar-refractivity contribution in [2.75, 3.05) is 26.3 Å². The summed E-state index contributed by atoms with van der Waals surface area (Å²) in [6.07, 6.45) is 5.47. The Morgan fingerprint density at radius 3 is 2.44 bits per heavy atom. The molecule has 5 rings (SSSR count). The minimum absolute atomic E-state index is 0.220. The molecule has 2 fully saturated rings. The van der Waals surface area contributed by atoms with Gasteiger partial charge in [0, 0.05) is 41.8 Å². The van der Waals surface area contributed by atoms with Gasteiger partial charge < -0.3 is 14.4 Å². The number of carbonyl (C=O) groups excluding carboxylic acids is 1. The number of likely N-dealkylation sites (tertiary alicyclic amines) is 1. The van der Waals surface area contributed by atoms with Gasteiger partial charge in [0.25, 0.3) is 0 Å². The highest BCUT2D eigenvalue weighted by molar-refractivity contribution is 5.84. The Labute approximate surface area is 188 Å². The predicted molar refractivity (Wildman–Crippen MR) is 123 cm³/mol. The molecule has 0 bridgehead atoms. The highest BCUT2D eigenvalue weighted by Gasteiger charge is 2.28. The van der Waals surface area contributed by atoms with E-state index < -0.39 is 5.60 Å². The van der Waals surface area contributed by atoms with Crippen LogP contribution in [-0.4, -0.2) is 57.7 Å². The molecule has 0 saturated carbocycles. The highest BCUT2D eigenvalue weighted by Crippen LogP contribution is 2.31. The van der Waals surface area contributed by atoms with Gasteiger partial charge in [-0.15, -0.1) is 0 Å². The number of amides is 1. The zero-order chi connectivity index (χ0) is 22.3. The molecule has 3 aromatic rings. The van der Waals surface area contributed by atoms with Crippen molar-refractivity contribution in [1.82, 2.24) is 19.7 Å². The molecule has 0 aliphatic carbocycles. The van der Waals surface area contributed by atoms with E-state index in [9.17, 15) is 4.79 Å². The summed E-state index contributed by atoms with van der Waals surface area (Å²) in [7, 11) is 0. The topological polar surface area (TPSA) is 69.5 Å². The first-order valence-electron chi connectivity index (χ1n) is 11.4. The lowest BCUT2D eigenvalue weighted by Crippen LogP contribution is -2.41. The number of aromatic nitrogens is 3. The minimum Gasteiger partial charge on any atom is -0.444 e. The molecular formula is C25H30N4O3. The molecule has 2 aliphatic rings. The zero-order valence-corrected chi connectivity index (χ0v) is 19.0. The van der Waals surface area contributed by atoms with E-state index in [1.54, 1.807) is 0 Å². The van der Waals surface area contributed by atoms with E-state index in [2.05, 4.69) is 40.1 Å². The standard InChI is InChI=1S/C25H30N4O3/c1-25(2,3)32-24(30)28-10-8-17(9-11-28)22-7-6-19(13-26-22)18-4-5-20-14-27-29(23(20)12-18)21-15-31-16-21/h4-7,12-14,17,21H,8-11,15-16H2,1-3H3. The molecule has 4 heterocycles. The maximum atomic E-state index is 12.3. The van der Waals surface area contributed by atoms with Gasteiger partial charge >= 0.3 is 6.09 Å². The van der Waals surface area contributed by atoms with Crippen LogP contribution in [0.5, 0.6) is 0 Å². The SMILES string of the molecule is CC(C)(C)OC(=O)N1CCC(c2ccc(-c3ccc4cnn(C5COC5)c4c3)cn2)CC1. The Hall–Kier alpha value is -2.93. The van der Waals surface area contributed by atoms with Gasteiger partial charge in [0.15, 0.2) is 0 Å². The molecule has 2 aromatic heterocycles. The second-order valence-corrected chi connectivity index (χ2v) is 9.77. The Balaban J connectivity index is 1.26. The number of rotatable bonds is 3. The first-order valence-corrected chi connectivity index (χ1v) is 11.4. The van der Waals surface area contributed by atoms with Crippen molar-refractivity contribution in [3.8, 4) is 11.1 Å². The van der Waals surface area contributed by atoms with Gasteiger partial charge in [0.2, 0.25) is 0 Å². The second-order valence-electron chi connectivity index (χ2n) is 9.77. The van der Waals surface area contributed by atoms with Crippen molar-refractivity contribution in [1.29, 1.82) is 0 Å². The summed E-state index contributed by atoms with van der Waals surface area (Å²) in [5.41, 5.74) is 4.00. The Morgan fingerprint density at radius 1 is 1.06 bits per heavy atom. The molecule has 1 aromatic carbocycles. The molecule has 32 heavy (non-hydrogen) atoms. The van der Waals surface area contributed by atoms with E-state index in [1.807, 2.05) is 38.1 Å². The van der Waals surface area contributed by atoms with E-state index in [0.717, 1.165) is 53.8 Å². The Bertz CT molecular complexity index is 1100. The normalized spacial score (nSPS) is 18.0. The minimum atomic E-state index is -0.461. The lowest BCUT2D eigenvalue weighted by atomic mass is 9.92. The molecule has 168 valence electrons. The molecule has 0 unspecified atom stereocenters. The summed E-state index contributed by atoms with van der Waals surface area (Å²) < 4.78 is 12.9. The lowest BCUT2D eigenvalue weighted by Gasteiger charge is -2.33. The fourth-order valence-corrected chi connectivity index (χ4v) is 4.37. The van der Waals surface area contributed by atoms with Crippen LogP contribution >= 0.6 is 0 Å². The molecule has 7 heteroatoms. The number of nitrogens with zero attached hydrogens (tertiary/aromatic N) is 4. The van der Waals surface area contributed by atoms with Gasteiger partial charge in [-0.3, -0.25) is 9.67 Å². The first-order chi connectivity index (χ1) is 15.4. The molecule has 7 nitrogen and oxygen atoms in total. The van der Waals surface area contributed by atoms with Crippen molar-refractivity contribution in [2.24, 2.45) is 0 Å². The average Bonchev–Trinajstić information content (AvgIpc) is 3.14. The average molecular weight is 435 g/mol. The fourth-order valence-electron chi connectivity index (χ4n) is 4.37. The van der Waals surface area contributed by atoms with E-state index in [1.165, 1.54) is 0 Å². The number of hydrogen-bond donors (Lipinski definition) is 0. The Morgan fingerprint density at radius 2 is 1.81 bits per heavy atom. The largest absolute Gasteiger partial charge is 0.444 e. The number of pyridine rings is 1. The quantitative estimate of drug-likeness (QED) is 0.593. The molecule has 0 radical (unpaired) electrons. The molecular weight excluding hydrogens is 404 g/mol. The monoisotopic (exact) mass is 434 g/mol. The van der Waals surface area contributed by atoms with Crippen LogP contribution in [0, 0.1) is 0 Å². The third kappa shape index (κ3) is 4.21. The number of carbonyl (C=O) groups is 1. The molecule has 0 spiro atoms. The van der Waals surface area contributed by atoms with Crippen LogP contribution in [0.15, 0.2) is 42.7 Å². The van der Waals surface area contributed by atoms with E-state index in [-0.39, 0.29) is 6.09 Å². The molecule has 2 saturated heterocycles. The van der Waals surface area contributed by atoms with E-state index in [0.29, 0.717) is 25.0 Å². The van der Waals surface area contributed by atoms with E-state index in [4.69, 9.17) is 14.5 Å². The number of piperidine rings is 1. The third-order valence-electron chi connectivity index (χ3n) is 6.25. The second kappa shape index (κ2) is 8.20. The number of hydrogen-bond acceptors (Lipinski definition) is 5. The summed E-state index contributed by atoms with van der Waals surface area (Å²) in [5.74, 6) is 0.366. The summed E-state index contributed by atoms with van der Waals surface area (Å²) in [4.78, 5) is 18.9. The molecule has 0 atom stereocenters. The van der Waals surface area contributed by atoms with Crippen molar-refractivity contribution in [3.63, 3.8) is 0 Å². The fraction of sp³-hybridized carbons (Fsp3) is 0.480. The van der Waals surface area contributed by atoms with Crippen molar-refractivity contribution < 1.29 is 14.3 Å². The van der Waals surface area contributed by atoms with Gasteiger partial charge in [0.05, 0.1) is 31.0 Å². The summed E-state index contributed by atoms with van der Waals surface area (Å²) >= 11 is 0. The van der Waals surface area contributed by atoms with E-state index >= 15 is 0 Å². The van der Waals surface area contributed by atoms with Gasteiger partial charge in [0.1, 0.15) is 5.60 Å². The molecule has 1 amide bonds. The number of fused-ring (bicyclic) bond motifs is 1. The van der Waals surface area contributed by atoms with Gasteiger partial charge in [-0.05, 0) is 51.3 Å². The van der Waals surface area contributed by atoms with Crippen LogP contribution in [0.2, 0.25) is 0 Å². The van der Waals surface area contributed by atoms with Gasteiger partial charge in [-0.2, -0.15) is 5.10 Å². The highest BCUT2D eigenvalue weighted by atomic mass is 16.6. The lowest BCUT2D eigenvalue weighted by molar-refractivity contribution is -0.0266. The summed E-state index contributed by atoms with van der Waals surface area (Å²) in [5, 5.41) is 5.69. The maximum absolute atomic E-state index is 12.3. The predicted octanol–water partition coefficient (Wildman–Crippen LogP) is 4.78. The zero-order valence-electron chi connectivity index (χ0n) is 19.0. The third-order valence-corrected chi connectivity index (χ3v) is 6.25. The van der Waals surface area contributed by atoms with Crippen molar-refractivity contribution in [2.45, 2.75) is 51.2 Å². The van der Waals surface area contributed by atoms with Crippen LogP contribution in [0.25, 0.3) is 22.0 Å². The smallest absolute Gasteiger partial charge is 0.410 e. The van der Waals surface area contributed by atoms with Crippen LogP contribution in [0.1, 0.15) is 51.3 Å². The van der Waals surface area contributed by atoms with Gasteiger partial charge in [-0.1, -0.05) is 18.2 Å². The van der Waals surface area contributed by atoms with Crippen LogP contribution < -0.4 is 0 Å². The van der Waals surface area contributed by atoms with Crippen LogP contribution in [0.3, 0.4) is 0 Å². The van der Waals surface area contributed by atoms with Crippen LogP contribution in [0.4, 0.5) is 4.79 Å². The van der Waals surface area contributed by atoms with Crippen LogP contribution in [-0.2, 0) is 9.47 Å². The first kappa shape index (κ1) is 20.9. The Kier molecular flexibility index (Phi) is 5.37. The van der Waals surface area contributed by atoms with Gasteiger partial charge in [-0.25, -0.2) is 4.79 Å². The molecule has 2 aliphatic heterocycles. The summed E-state index contributed by atoms with van der Waals surface area (Å²) in [6.45, 7) is 8.56. The number of benzene rings is 1. The van der Waals surface area contributed by atoms with Crippen molar-refractivity contribution >= 4 is 17.0 Å². The molecule has 0 N–H and O–H groups in total. The van der Waals surface area contributed by atoms with Crippen molar-refractivity contribution in [3.05, 3.63) is 48.4 Å². The number of ether oxygens (including phenoxy) is 2. The maximum Gasteiger partial charge on any atom is 0.410 e. The summed E-state index contributed by atoms with van der Waals surface area (Å²) in [6, 6.07) is 11.0.